The van der Waals surface area contributed by atoms with Crippen LogP contribution in [0.4, 0.5) is 10.1 Å². The van der Waals surface area contributed by atoms with Crippen LogP contribution in [0.25, 0.3) is 0 Å². The molecule has 2 rings (SSSR count). The summed E-state index contributed by atoms with van der Waals surface area (Å²) in [7, 11) is 0. The van der Waals surface area contributed by atoms with Crippen LogP contribution >= 0.6 is 0 Å². The normalized spacial score (nSPS) is 15.2. The number of allylic oxidation sites excluding steroid dienone is 3. The molecule has 1 aromatic carbocycles. The Morgan fingerprint density at radius 3 is 3.00 bits per heavy atom. The van der Waals surface area contributed by atoms with Crippen molar-refractivity contribution in [2.24, 2.45) is 0 Å². The molecular weight excluding hydrogens is 241 g/mol. The number of carbonyl (C=O) groups excluding carboxylic acids is 1. The first-order valence-corrected chi connectivity index (χ1v) is 6.18. The Balaban J connectivity index is 2.27. The van der Waals surface area contributed by atoms with Crippen LogP contribution in [0.5, 0.6) is 0 Å². The summed E-state index contributed by atoms with van der Waals surface area (Å²) in [5.41, 5.74) is 2.49. The van der Waals surface area contributed by atoms with E-state index in [0.717, 1.165) is 16.8 Å². The van der Waals surface area contributed by atoms with Crippen molar-refractivity contribution in [1.82, 2.24) is 0 Å². The van der Waals surface area contributed by atoms with E-state index in [1.807, 2.05) is 25.2 Å². The summed E-state index contributed by atoms with van der Waals surface area (Å²) in [6.07, 6.45) is 7.74. The predicted molar refractivity (Wildman–Crippen MR) is 75.6 cm³/mol. The Labute approximate surface area is 112 Å². The highest BCUT2D eigenvalue weighted by Gasteiger charge is 2.27. The number of anilines is 1. The van der Waals surface area contributed by atoms with Crippen molar-refractivity contribution in [2.75, 3.05) is 11.4 Å². The molecule has 0 spiro atoms. The number of carbonyl (C=O) groups is 1. The summed E-state index contributed by atoms with van der Waals surface area (Å²) in [4.78, 5) is 13.7. The van der Waals surface area contributed by atoms with Crippen LogP contribution in [0.2, 0.25) is 0 Å². The topological polar surface area (TPSA) is 20.3 Å². The SMILES string of the molecule is C=CC(=CC=CC)CN1C(=O)Cc2cc(F)ccc21. The second-order valence-electron chi connectivity index (χ2n) is 4.40. The lowest BCUT2D eigenvalue weighted by atomic mass is 10.1. The van der Waals surface area contributed by atoms with Crippen LogP contribution in [-0.2, 0) is 11.2 Å². The molecule has 0 N–H and O–H groups in total. The summed E-state index contributed by atoms with van der Waals surface area (Å²) in [6, 6.07) is 4.47. The quantitative estimate of drug-likeness (QED) is 0.757. The maximum Gasteiger partial charge on any atom is 0.231 e. The summed E-state index contributed by atoms with van der Waals surface area (Å²) in [5, 5.41) is 0. The summed E-state index contributed by atoms with van der Waals surface area (Å²) in [6.45, 7) is 6.14. The van der Waals surface area contributed by atoms with Gasteiger partial charge < -0.3 is 4.90 Å². The number of rotatable bonds is 4. The van der Waals surface area contributed by atoms with E-state index in [0.29, 0.717) is 6.54 Å². The minimum atomic E-state index is -0.304. The molecule has 0 aliphatic carbocycles. The van der Waals surface area contributed by atoms with Gasteiger partial charge in [0.05, 0.1) is 13.0 Å². The lowest BCUT2D eigenvalue weighted by molar-refractivity contribution is -0.117. The molecule has 2 nitrogen and oxygen atoms in total. The molecule has 0 radical (unpaired) electrons. The largest absolute Gasteiger partial charge is 0.307 e. The van der Waals surface area contributed by atoms with E-state index in [2.05, 4.69) is 6.58 Å². The number of nitrogens with zero attached hydrogens (tertiary/aromatic N) is 1. The van der Waals surface area contributed by atoms with E-state index in [9.17, 15) is 9.18 Å². The number of halogens is 1. The average molecular weight is 257 g/mol. The molecule has 0 saturated heterocycles. The van der Waals surface area contributed by atoms with Gasteiger partial charge in [0.15, 0.2) is 0 Å². The van der Waals surface area contributed by atoms with Gasteiger partial charge in [-0.05, 0) is 36.3 Å². The molecule has 0 unspecified atom stereocenters. The zero-order valence-corrected chi connectivity index (χ0v) is 10.9. The molecule has 1 aliphatic heterocycles. The van der Waals surface area contributed by atoms with Crippen molar-refractivity contribution >= 4 is 11.6 Å². The molecule has 0 bridgehead atoms. The minimum Gasteiger partial charge on any atom is -0.307 e. The Hall–Kier alpha value is -2.16. The second-order valence-corrected chi connectivity index (χ2v) is 4.40. The van der Waals surface area contributed by atoms with Crippen LogP contribution < -0.4 is 4.90 Å². The van der Waals surface area contributed by atoms with Gasteiger partial charge in [-0.25, -0.2) is 4.39 Å². The highest BCUT2D eigenvalue weighted by atomic mass is 19.1. The molecule has 1 heterocycles. The van der Waals surface area contributed by atoms with Gasteiger partial charge >= 0.3 is 0 Å². The monoisotopic (exact) mass is 257 g/mol. The first-order chi connectivity index (χ1) is 9.15. The van der Waals surface area contributed by atoms with Gasteiger partial charge in [-0.1, -0.05) is 30.9 Å². The Kier molecular flexibility index (Phi) is 3.95. The van der Waals surface area contributed by atoms with Gasteiger partial charge in [0.2, 0.25) is 5.91 Å². The van der Waals surface area contributed by atoms with Crippen molar-refractivity contribution in [3.63, 3.8) is 0 Å². The standard InChI is InChI=1S/C16H16FNO/c1-3-5-6-12(4-2)11-18-15-8-7-14(17)9-13(15)10-16(18)19/h3-9H,2,10-11H2,1H3. The van der Waals surface area contributed by atoms with Crippen molar-refractivity contribution < 1.29 is 9.18 Å². The van der Waals surface area contributed by atoms with E-state index in [4.69, 9.17) is 0 Å². The molecule has 0 fully saturated rings. The van der Waals surface area contributed by atoms with E-state index < -0.39 is 0 Å². The van der Waals surface area contributed by atoms with E-state index in [-0.39, 0.29) is 18.1 Å². The number of fused-ring (bicyclic) bond motifs is 1. The van der Waals surface area contributed by atoms with Gasteiger partial charge in [-0.15, -0.1) is 0 Å². The molecule has 1 aromatic rings. The highest BCUT2D eigenvalue weighted by molar-refractivity contribution is 6.01. The second kappa shape index (κ2) is 5.65. The zero-order valence-electron chi connectivity index (χ0n) is 10.9. The van der Waals surface area contributed by atoms with Gasteiger partial charge in [-0.3, -0.25) is 4.79 Å². The third kappa shape index (κ3) is 2.81. The van der Waals surface area contributed by atoms with Gasteiger partial charge in [0, 0.05) is 5.69 Å². The smallest absolute Gasteiger partial charge is 0.231 e. The van der Waals surface area contributed by atoms with Crippen molar-refractivity contribution in [1.29, 1.82) is 0 Å². The van der Waals surface area contributed by atoms with Crippen LogP contribution in [0.15, 0.2) is 54.7 Å². The molecule has 0 saturated carbocycles. The first kappa shape index (κ1) is 13.3. The number of hydrogen-bond donors (Lipinski definition) is 0. The van der Waals surface area contributed by atoms with E-state index in [1.165, 1.54) is 12.1 Å². The molecule has 1 amide bonds. The van der Waals surface area contributed by atoms with Gasteiger partial charge in [-0.2, -0.15) is 0 Å². The van der Waals surface area contributed by atoms with Crippen LogP contribution in [0, 0.1) is 5.82 Å². The average Bonchev–Trinajstić information content (AvgIpc) is 2.69. The minimum absolute atomic E-state index is 0.00571. The fraction of sp³-hybridized carbons (Fsp3) is 0.188. The van der Waals surface area contributed by atoms with Crippen LogP contribution in [0.3, 0.4) is 0 Å². The summed E-state index contributed by atoms with van der Waals surface area (Å²) < 4.78 is 13.1. The maximum atomic E-state index is 13.1. The van der Waals surface area contributed by atoms with Crippen molar-refractivity contribution in [3.05, 3.63) is 66.0 Å². The van der Waals surface area contributed by atoms with Crippen molar-refractivity contribution in [2.45, 2.75) is 13.3 Å². The Morgan fingerprint density at radius 1 is 1.53 bits per heavy atom. The summed E-state index contributed by atoms with van der Waals surface area (Å²) in [5.74, 6) is -0.310. The molecule has 0 atom stereocenters. The predicted octanol–water partition coefficient (Wildman–Crippen LogP) is 3.40. The third-order valence-corrected chi connectivity index (χ3v) is 3.08. The zero-order chi connectivity index (χ0) is 13.8. The Morgan fingerprint density at radius 2 is 2.32 bits per heavy atom. The van der Waals surface area contributed by atoms with Crippen LogP contribution in [0.1, 0.15) is 12.5 Å². The third-order valence-electron chi connectivity index (χ3n) is 3.08. The fourth-order valence-corrected chi connectivity index (χ4v) is 2.11. The Bertz CT molecular complexity index is 572. The van der Waals surface area contributed by atoms with E-state index in [1.54, 1.807) is 17.0 Å². The van der Waals surface area contributed by atoms with Gasteiger partial charge in [0.1, 0.15) is 5.82 Å². The van der Waals surface area contributed by atoms with Crippen molar-refractivity contribution in [3.8, 4) is 0 Å². The molecule has 98 valence electrons. The molecular formula is C16H16FNO. The molecule has 3 heteroatoms. The highest BCUT2D eigenvalue weighted by Crippen LogP contribution is 2.30. The fourth-order valence-electron chi connectivity index (χ4n) is 2.11. The van der Waals surface area contributed by atoms with Gasteiger partial charge in [0.25, 0.3) is 0 Å². The lowest BCUT2D eigenvalue weighted by Gasteiger charge is -2.18. The van der Waals surface area contributed by atoms with E-state index >= 15 is 0 Å². The van der Waals surface area contributed by atoms with Crippen LogP contribution in [-0.4, -0.2) is 12.5 Å². The maximum absolute atomic E-state index is 13.1. The number of benzene rings is 1. The number of hydrogen-bond acceptors (Lipinski definition) is 1. The summed E-state index contributed by atoms with van der Waals surface area (Å²) >= 11 is 0. The molecule has 0 aromatic heterocycles. The number of amides is 1. The first-order valence-electron chi connectivity index (χ1n) is 6.18. The molecule has 1 aliphatic rings. The lowest BCUT2D eigenvalue weighted by Crippen LogP contribution is -2.28. The molecule has 19 heavy (non-hydrogen) atoms.